The van der Waals surface area contributed by atoms with Gasteiger partial charge >= 0.3 is 0 Å². The molecule has 0 saturated heterocycles. The zero-order chi connectivity index (χ0) is 22.3. The van der Waals surface area contributed by atoms with Gasteiger partial charge in [-0.3, -0.25) is 0 Å². The van der Waals surface area contributed by atoms with Crippen LogP contribution in [0, 0.1) is 0 Å². The number of methoxy groups -OCH3 is 2. The predicted molar refractivity (Wildman–Crippen MR) is 123 cm³/mol. The zero-order valence-electron chi connectivity index (χ0n) is 18.9. The molecule has 1 N–H and O–H groups in total. The SMILES string of the molecule is COc1ccc(CCN(C)CCCC(O)(c2ccccc2)c2nccn2C)cc1OC. The van der Waals surface area contributed by atoms with Crippen LogP contribution in [-0.4, -0.2) is 53.9 Å². The van der Waals surface area contributed by atoms with Crippen molar-refractivity contribution in [2.75, 3.05) is 34.4 Å². The van der Waals surface area contributed by atoms with E-state index in [9.17, 15) is 5.11 Å². The van der Waals surface area contributed by atoms with Gasteiger partial charge in [-0.1, -0.05) is 36.4 Å². The van der Waals surface area contributed by atoms with Crippen LogP contribution in [0.3, 0.4) is 0 Å². The first kappa shape index (κ1) is 22.8. The number of benzene rings is 2. The van der Waals surface area contributed by atoms with Crippen LogP contribution in [0.1, 0.15) is 29.8 Å². The molecule has 6 nitrogen and oxygen atoms in total. The molecule has 0 aliphatic heterocycles. The van der Waals surface area contributed by atoms with Gasteiger partial charge in [-0.25, -0.2) is 4.98 Å². The van der Waals surface area contributed by atoms with E-state index in [2.05, 4.69) is 23.0 Å². The highest BCUT2D eigenvalue weighted by atomic mass is 16.5. The first-order valence-electron chi connectivity index (χ1n) is 10.6. The number of aromatic nitrogens is 2. The highest BCUT2D eigenvalue weighted by Gasteiger charge is 2.34. The Balaban J connectivity index is 1.59. The molecule has 1 aromatic heterocycles. The van der Waals surface area contributed by atoms with Gasteiger partial charge in [-0.15, -0.1) is 0 Å². The molecule has 31 heavy (non-hydrogen) atoms. The number of imidazole rings is 1. The molecule has 0 amide bonds. The molecule has 0 radical (unpaired) electrons. The Bertz CT molecular complexity index is 958. The molecular weight excluding hydrogens is 390 g/mol. The number of likely N-dealkylation sites (N-methyl/N-ethyl adjacent to an activating group) is 1. The topological polar surface area (TPSA) is 59.8 Å². The highest BCUT2D eigenvalue weighted by Crippen LogP contribution is 2.33. The minimum atomic E-state index is -1.11. The van der Waals surface area contributed by atoms with Crippen molar-refractivity contribution in [1.29, 1.82) is 0 Å². The lowest BCUT2D eigenvalue weighted by Gasteiger charge is -2.29. The van der Waals surface area contributed by atoms with E-state index in [0.717, 1.165) is 43.0 Å². The van der Waals surface area contributed by atoms with Crippen LogP contribution in [0.15, 0.2) is 60.9 Å². The Labute approximate surface area is 185 Å². The van der Waals surface area contributed by atoms with E-state index in [4.69, 9.17) is 9.47 Å². The molecule has 6 heteroatoms. The number of ether oxygens (including phenoxy) is 2. The van der Waals surface area contributed by atoms with Gasteiger partial charge in [0.2, 0.25) is 0 Å². The Kier molecular flexibility index (Phi) is 7.71. The minimum absolute atomic E-state index is 0.600. The Morgan fingerprint density at radius 1 is 1.03 bits per heavy atom. The van der Waals surface area contributed by atoms with Gasteiger partial charge in [0.15, 0.2) is 11.5 Å². The van der Waals surface area contributed by atoms with Gasteiger partial charge in [0.05, 0.1) is 14.2 Å². The van der Waals surface area contributed by atoms with E-state index in [0.29, 0.717) is 12.2 Å². The first-order chi connectivity index (χ1) is 15.0. The van der Waals surface area contributed by atoms with Gasteiger partial charge in [0, 0.05) is 26.0 Å². The quantitative estimate of drug-likeness (QED) is 0.510. The minimum Gasteiger partial charge on any atom is -0.493 e. The summed E-state index contributed by atoms with van der Waals surface area (Å²) in [7, 11) is 7.34. The van der Waals surface area contributed by atoms with E-state index in [1.165, 1.54) is 5.56 Å². The number of nitrogens with zero attached hydrogens (tertiary/aromatic N) is 3. The maximum absolute atomic E-state index is 11.6. The number of aliphatic hydroxyl groups is 1. The summed E-state index contributed by atoms with van der Waals surface area (Å²) in [6.07, 6.45) is 5.97. The molecule has 1 heterocycles. The molecule has 0 aliphatic rings. The molecule has 3 rings (SSSR count). The largest absolute Gasteiger partial charge is 0.493 e. The van der Waals surface area contributed by atoms with Crippen molar-refractivity contribution >= 4 is 0 Å². The average molecular weight is 424 g/mol. The molecule has 1 atom stereocenters. The van der Waals surface area contributed by atoms with Crippen molar-refractivity contribution in [3.63, 3.8) is 0 Å². The van der Waals surface area contributed by atoms with Crippen molar-refractivity contribution in [1.82, 2.24) is 14.5 Å². The van der Waals surface area contributed by atoms with Crippen molar-refractivity contribution in [2.45, 2.75) is 24.9 Å². The summed E-state index contributed by atoms with van der Waals surface area (Å²) in [6, 6.07) is 15.9. The summed E-state index contributed by atoms with van der Waals surface area (Å²) in [4.78, 5) is 6.74. The second-order valence-electron chi connectivity index (χ2n) is 7.93. The van der Waals surface area contributed by atoms with E-state index in [-0.39, 0.29) is 0 Å². The third kappa shape index (κ3) is 5.46. The second kappa shape index (κ2) is 10.5. The van der Waals surface area contributed by atoms with Crippen molar-refractivity contribution in [3.8, 4) is 11.5 Å². The molecule has 0 fully saturated rings. The van der Waals surface area contributed by atoms with Gasteiger partial charge in [-0.2, -0.15) is 0 Å². The Morgan fingerprint density at radius 2 is 1.77 bits per heavy atom. The van der Waals surface area contributed by atoms with Crippen LogP contribution in [0.25, 0.3) is 0 Å². The fraction of sp³-hybridized carbons (Fsp3) is 0.400. The van der Waals surface area contributed by atoms with E-state index >= 15 is 0 Å². The molecule has 0 aliphatic carbocycles. The van der Waals surface area contributed by atoms with Gasteiger partial charge in [0.25, 0.3) is 0 Å². The molecule has 0 bridgehead atoms. The van der Waals surface area contributed by atoms with Crippen LogP contribution in [0.2, 0.25) is 0 Å². The van der Waals surface area contributed by atoms with Crippen LogP contribution in [0.5, 0.6) is 11.5 Å². The second-order valence-corrected chi connectivity index (χ2v) is 7.93. The van der Waals surface area contributed by atoms with Crippen LogP contribution >= 0.6 is 0 Å². The van der Waals surface area contributed by atoms with E-state index in [1.807, 2.05) is 60.3 Å². The summed E-state index contributed by atoms with van der Waals surface area (Å²) in [5.74, 6) is 2.17. The molecule has 0 spiro atoms. The molecular formula is C25H33N3O3. The lowest BCUT2D eigenvalue weighted by atomic mass is 9.88. The van der Waals surface area contributed by atoms with E-state index in [1.54, 1.807) is 20.4 Å². The maximum atomic E-state index is 11.6. The van der Waals surface area contributed by atoms with Crippen LogP contribution in [-0.2, 0) is 19.1 Å². The van der Waals surface area contributed by atoms with Crippen LogP contribution in [0.4, 0.5) is 0 Å². The van der Waals surface area contributed by atoms with Gasteiger partial charge in [0.1, 0.15) is 11.4 Å². The van der Waals surface area contributed by atoms with E-state index < -0.39 is 5.60 Å². The Morgan fingerprint density at radius 3 is 2.42 bits per heavy atom. The lowest BCUT2D eigenvalue weighted by molar-refractivity contribution is 0.0539. The number of hydrogen-bond acceptors (Lipinski definition) is 5. The normalized spacial score (nSPS) is 13.2. The Hall–Kier alpha value is -2.83. The molecule has 166 valence electrons. The zero-order valence-corrected chi connectivity index (χ0v) is 18.9. The summed E-state index contributed by atoms with van der Waals surface area (Å²) in [6.45, 7) is 1.80. The number of rotatable bonds is 11. The molecule has 1 unspecified atom stereocenters. The van der Waals surface area contributed by atoms with Crippen molar-refractivity contribution in [3.05, 3.63) is 77.9 Å². The summed E-state index contributed by atoms with van der Waals surface area (Å²) >= 11 is 0. The fourth-order valence-corrected chi connectivity index (χ4v) is 3.94. The smallest absolute Gasteiger partial charge is 0.160 e. The van der Waals surface area contributed by atoms with Gasteiger partial charge in [-0.05, 0) is 56.1 Å². The fourth-order valence-electron chi connectivity index (χ4n) is 3.94. The maximum Gasteiger partial charge on any atom is 0.160 e. The third-order valence-electron chi connectivity index (χ3n) is 5.75. The molecule has 0 saturated carbocycles. The average Bonchev–Trinajstić information content (AvgIpc) is 3.24. The third-order valence-corrected chi connectivity index (χ3v) is 5.75. The summed E-state index contributed by atoms with van der Waals surface area (Å²) in [5.41, 5.74) is 0.972. The van der Waals surface area contributed by atoms with Gasteiger partial charge < -0.3 is 24.0 Å². The summed E-state index contributed by atoms with van der Waals surface area (Å²) in [5, 5.41) is 11.6. The number of aryl methyl sites for hydroxylation is 1. The molecule has 3 aromatic rings. The first-order valence-corrected chi connectivity index (χ1v) is 10.6. The highest BCUT2D eigenvalue weighted by molar-refractivity contribution is 5.43. The van der Waals surface area contributed by atoms with Crippen LogP contribution < -0.4 is 9.47 Å². The standard InChI is InChI=1S/C25H33N3O3/c1-27(17-13-20-11-12-22(30-3)23(19-20)31-4)16-8-14-25(29,21-9-6-5-7-10-21)24-26-15-18-28(24)2/h5-7,9-12,15,18-19,29H,8,13-14,16-17H2,1-4H3. The lowest BCUT2D eigenvalue weighted by Crippen LogP contribution is -2.32. The van der Waals surface area contributed by atoms with Crippen molar-refractivity contribution in [2.24, 2.45) is 7.05 Å². The monoisotopic (exact) mass is 423 g/mol. The molecule has 2 aromatic carbocycles. The number of hydrogen-bond donors (Lipinski definition) is 1. The van der Waals surface area contributed by atoms with Crippen molar-refractivity contribution < 1.29 is 14.6 Å². The predicted octanol–water partition coefficient (Wildman–Crippen LogP) is 3.63. The summed E-state index contributed by atoms with van der Waals surface area (Å²) < 4.78 is 12.6.